The van der Waals surface area contributed by atoms with Crippen LogP contribution in [0.4, 0.5) is 5.82 Å². The number of nitrogens with two attached hydrogens (primary N) is 1. The second-order valence-electron chi connectivity index (χ2n) is 10.3. The maximum Gasteiger partial charge on any atom is 0.310 e. The summed E-state index contributed by atoms with van der Waals surface area (Å²) in [6.45, 7) is 3.07. The van der Waals surface area contributed by atoms with Crippen LogP contribution >= 0.6 is 11.6 Å². The van der Waals surface area contributed by atoms with Gasteiger partial charge in [0.05, 0.1) is 28.2 Å². The third kappa shape index (κ3) is 5.68. The Morgan fingerprint density at radius 3 is 2.58 bits per heavy atom. The molecular formula is C32H29ClN7O3+. The van der Waals surface area contributed by atoms with E-state index in [1.165, 1.54) is 10.9 Å². The number of rotatable bonds is 6. The number of nitrogen functional groups attached to an aromatic ring is 1. The van der Waals surface area contributed by atoms with Crippen LogP contribution in [-0.2, 0) is 0 Å². The third-order valence-electron chi connectivity index (χ3n) is 7.41. The summed E-state index contributed by atoms with van der Waals surface area (Å²) < 4.78 is 7.37. The van der Waals surface area contributed by atoms with E-state index in [1.807, 2.05) is 48.3 Å². The molecule has 0 spiro atoms. The summed E-state index contributed by atoms with van der Waals surface area (Å²) in [5, 5.41) is 5.45. The molecule has 11 heteroatoms. The number of carbonyl (C=O) groups excluding carboxylic acids is 2. The number of aromatic amines is 1. The minimum Gasteiger partial charge on any atom is -0.457 e. The van der Waals surface area contributed by atoms with Gasteiger partial charge in [-0.15, -0.1) is 0 Å². The Balaban J connectivity index is 1.21. The van der Waals surface area contributed by atoms with Crippen molar-refractivity contribution in [2.45, 2.75) is 0 Å². The van der Waals surface area contributed by atoms with Gasteiger partial charge in [0.2, 0.25) is 5.78 Å². The first-order valence-electron chi connectivity index (χ1n) is 13.7. The lowest BCUT2D eigenvalue weighted by Gasteiger charge is -2.32. The number of benzene rings is 3. The predicted octanol–water partition coefficient (Wildman–Crippen LogP) is 5.31. The van der Waals surface area contributed by atoms with Crippen LogP contribution in [0.1, 0.15) is 32.0 Å². The van der Waals surface area contributed by atoms with Crippen molar-refractivity contribution in [2.75, 3.05) is 46.0 Å². The molecule has 1 aliphatic rings. The van der Waals surface area contributed by atoms with Crippen LogP contribution in [0.2, 0.25) is 5.02 Å². The van der Waals surface area contributed by atoms with Gasteiger partial charge in [0, 0.05) is 54.8 Å². The van der Waals surface area contributed by atoms with Crippen molar-refractivity contribution in [2.24, 2.45) is 0 Å². The van der Waals surface area contributed by atoms with Crippen LogP contribution in [-0.4, -0.2) is 76.5 Å². The van der Waals surface area contributed by atoms with Gasteiger partial charge in [-0.25, -0.2) is 4.68 Å². The number of piperazine rings is 1. The summed E-state index contributed by atoms with van der Waals surface area (Å²) in [5.41, 5.74) is 9.59. The van der Waals surface area contributed by atoms with Crippen LogP contribution in [0.25, 0.3) is 21.4 Å². The van der Waals surface area contributed by atoms with Crippen molar-refractivity contribution >= 4 is 40.0 Å². The third-order valence-corrected chi connectivity index (χ3v) is 7.71. The lowest BCUT2D eigenvalue weighted by molar-refractivity contribution is 0.0664. The fourth-order valence-electron chi connectivity index (χ4n) is 5.07. The van der Waals surface area contributed by atoms with Crippen molar-refractivity contribution in [3.63, 3.8) is 0 Å². The number of aromatic nitrogens is 3. The Hall–Kier alpha value is -5.11. The number of carbonyl (C=O) groups is 2. The monoisotopic (exact) mass is 594 g/mol. The summed E-state index contributed by atoms with van der Waals surface area (Å²) in [6, 6.07) is 22.5. The smallest absolute Gasteiger partial charge is 0.310 e. The fourth-order valence-corrected chi connectivity index (χ4v) is 5.32. The molecule has 3 aromatic carbocycles. The molecule has 6 rings (SSSR count). The number of likely N-dealkylation sites (N-methyl/N-ethyl adjacent to an activating group) is 1. The molecule has 1 saturated heterocycles. The molecule has 0 unspecified atom stereocenters. The van der Waals surface area contributed by atoms with E-state index >= 15 is 0 Å². The minimum absolute atomic E-state index is 0.0131. The number of anilines is 1. The van der Waals surface area contributed by atoms with Gasteiger partial charge in [0.25, 0.3) is 13.0 Å². The number of amides is 1. The van der Waals surface area contributed by atoms with Crippen LogP contribution in [0.15, 0.2) is 72.9 Å². The molecule has 0 atom stereocenters. The van der Waals surface area contributed by atoms with E-state index in [4.69, 9.17) is 22.1 Å². The van der Waals surface area contributed by atoms with Crippen LogP contribution in [0, 0.1) is 6.07 Å². The molecule has 3 heterocycles. The SMILES string of the molecule is C[N+]#Cc1cccc(Oc2ccc(-n3ncc(C(=O)c4cc5cc(C(=O)N6CCN(C)CC6)ccc5[nH]4)c3N)c(Cl)c2)c1. The number of hydrogen-bond acceptors (Lipinski definition) is 6. The van der Waals surface area contributed by atoms with Crippen molar-refractivity contribution < 1.29 is 14.3 Å². The van der Waals surface area contributed by atoms with Gasteiger partial charge in [0.15, 0.2) is 0 Å². The fraction of sp³-hybridized carbons (Fsp3) is 0.188. The molecule has 216 valence electrons. The van der Waals surface area contributed by atoms with Crippen LogP contribution < -0.4 is 10.5 Å². The Bertz CT molecular complexity index is 1930. The number of H-pyrrole nitrogens is 1. The highest BCUT2D eigenvalue weighted by Gasteiger charge is 2.23. The lowest BCUT2D eigenvalue weighted by Crippen LogP contribution is -2.47. The predicted molar refractivity (Wildman–Crippen MR) is 167 cm³/mol. The number of nitrogens with zero attached hydrogens (tertiary/aromatic N) is 5. The van der Waals surface area contributed by atoms with E-state index < -0.39 is 0 Å². The van der Waals surface area contributed by atoms with Gasteiger partial charge in [-0.2, -0.15) is 5.10 Å². The highest BCUT2D eigenvalue weighted by molar-refractivity contribution is 6.32. The molecule has 0 bridgehead atoms. The Morgan fingerprint density at radius 2 is 1.81 bits per heavy atom. The van der Waals surface area contributed by atoms with Gasteiger partial charge in [0.1, 0.15) is 22.9 Å². The Kier molecular flexibility index (Phi) is 7.59. The molecule has 0 aliphatic carbocycles. The average molecular weight is 595 g/mol. The standard InChI is InChI=1S/C32H28ClN7O3/c1-35-18-20-4-3-5-23(14-20)43-24-7-9-29(26(33)17-24)40-31(34)25(19-36-40)30(41)28-16-22-15-21(6-8-27(22)37-28)32(42)39-12-10-38(2)11-13-39/h3-9,14-17,19H,10-13H2,1-2H3,(H2-,34,36,37,41,42)/p+1. The van der Waals surface area contributed by atoms with Gasteiger partial charge in [-0.05, 0) is 55.6 Å². The molecule has 1 aliphatic heterocycles. The van der Waals surface area contributed by atoms with Crippen molar-refractivity contribution in [1.29, 1.82) is 0 Å². The first kappa shape index (κ1) is 28.0. The molecule has 0 radical (unpaired) electrons. The maximum atomic E-state index is 13.5. The first-order valence-corrected chi connectivity index (χ1v) is 14.1. The zero-order valence-electron chi connectivity index (χ0n) is 23.7. The van der Waals surface area contributed by atoms with Crippen LogP contribution in [0.5, 0.6) is 11.5 Å². The van der Waals surface area contributed by atoms with Gasteiger partial charge >= 0.3 is 6.07 Å². The van der Waals surface area contributed by atoms with Gasteiger partial charge in [-0.3, -0.25) is 9.59 Å². The van der Waals surface area contributed by atoms with E-state index in [1.54, 1.807) is 37.4 Å². The van der Waals surface area contributed by atoms with Crippen molar-refractivity contribution in [3.05, 3.63) is 105 Å². The van der Waals surface area contributed by atoms with E-state index in [2.05, 4.69) is 25.9 Å². The summed E-state index contributed by atoms with van der Waals surface area (Å²) >= 11 is 6.60. The zero-order valence-corrected chi connectivity index (χ0v) is 24.4. The number of halogens is 1. The maximum absolute atomic E-state index is 13.5. The first-order chi connectivity index (χ1) is 20.8. The van der Waals surface area contributed by atoms with E-state index in [0.29, 0.717) is 46.6 Å². The molecule has 10 nitrogen and oxygen atoms in total. The zero-order chi connectivity index (χ0) is 30.1. The topological polar surface area (TPSA) is 114 Å². The lowest BCUT2D eigenvalue weighted by atomic mass is 10.1. The highest BCUT2D eigenvalue weighted by Crippen LogP contribution is 2.31. The van der Waals surface area contributed by atoms with Crippen molar-refractivity contribution in [1.82, 2.24) is 24.6 Å². The number of fused-ring (bicyclic) bond motifs is 1. The number of ketones is 1. The summed E-state index contributed by atoms with van der Waals surface area (Å²) in [5.74, 6) is 0.936. The molecule has 2 aromatic heterocycles. The van der Waals surface area contributed by atoms with Gasteiger partial charge < -0.3 is 25.3 Å². The molecule has 0 saturated carbocycles. The minimum atomic E-state index is -0.324. The molecular weight excluding hydrogens is 566 g/mol. The number of nitrogens with one attached hydrogen (secondary N) is 1. The van der Waals surface area contributed by atoms with Crippen molar-refractivity contribution in [3.8, 4) is 23.3 Å². The second-order valence-corrected chi connectivity index (χ2v) is 10.8. The average Bonchev–Trinajstić information content (AvgIpc) is 3.60. The Labute approximate surface area is 253 Å². The largest absolute Gasteiger partial charge is 0.457 e. The summed E-state index contributed by atoms with van der Waals surface area (Å²) in [6.07, 6.45) is 1.42. The number of ether oxygens (including phenoxy) is 1. The summed E-state index contributed by atoms with van der Waals surface area (Å²) in [7, 11) is 3.70. The van der Waals surface area contributed by atoms with Crippen LogP contribution in [0.3, 0.4) is 0 Å². The summed E-state index contributed by atoms with van der Waals surface area (Å²) in [4.78, 5) is 37.6. The van der Waals surface area contributed by atoms with Gasteiger partial charge in [-0.1, -0.05) is 22.5 Å². The second kappa shape index (κ2) is 11.6. The quantitative estimate of drug-likeness (QED) is 0.258. The molecule has 1 fully saturated rings. The number of hydrogen-bond donors (Lipinski definition) is 2. The Morgan fingerprint density at radius 1 is 1.02 bits per heavy atom. The molecule has 3 N–H and O–H groups in total. The normalized spacial score (nSPS) is 13.5. The molecule has 5 aromatic rings. The molecule has 43 heavy (non-hydrogen) atoms. The highest BCUT2D eigenvalue weighted by atomic mass is 35.5. The van der Waals surface area contributed by atoms with E-state index in [9.17, 15) is 9.59 Å². The van der Waals surface area contributed by atoms with E-state index in [-0.39, 0.29) is 23.1 Å². The molecule has 1 amide bonds. The van der Waals surface area contributed by atoms with E-state index in [0.717, 1.165) is 29.6 Å².